The van der Waals surface area contributed by atoms with Crippen LogP contribution in [0.1, 0.15) is 43.1 Å². The SMILES string of the molecule is COc1cccc2cc(/C=C/CC(=O)OC(C)(C)C)c(C(=O)O)c(OC)c12. The highest BCUT2D eigenvalue weighted by atomic mass is 16.6. The molecule has 27 heavy (non-hydrogen) atoms. The lowest BCUT2D eigenvalue weighted by molar-refractivity contribution is -0.153. The largest absolute Gasteiger partial charge is 0.496 e. The molecular weight excluding hydrogens is 348 g/mol. The van der Waals surface area contributed by atoms with Gasteiger partial charge in [0.1, 0.15) is 22.7 Å². The van der Waals surface area contributed by atoms with Gasteiger partial charge in [-0.2, -0.15) is 0 Å². The topological polar surface area (TPSA) is 82.1 Å². The fourth-order valence-corrected chi connectivity index (χ4v) is 2.80. The number of carboxylic acids is 1. The lowest BCUT2D eigenvalue weighted by atomic mass is 9.98. The van der Waals surface area contributed by atoms with Crippen molar-refractivity contribution in [3.05, 3.63) is 41.5 Å². The van der Waals surface area contributed by atoms with E-state index in [9.17, 15) is 14.7 Å². The highest BCUT2D eigenvalue weighted by Crippen LogP contribution is 2.39. The minimum atomic E-state index is -1.13. The molecule has 0 saturated heterocycles. The lowest BCUT2D eigenvalue weighted by Gasteiger charge is -2.18. The summed E-state index contributed by atoms with van der Waals surface area (Å²) in [6.45, 7) is 5.37. The summed E-state index contributed by atoms with van der Waals surface area (Å²) in [6.07, 6.45) is 3.21. The molecule has 0 aromatic heterocycles. The van der Waals surface area contributed by atoms with Crippen molar-refractivity contribution in [3.8, 4) is 11.5 Å². The number of aromatic carboxylic acids is 1. The van der Waals surface area contributed by atoms with Crippen molar-refractivity contribution in [1.29, 1.82) is 0 Å². The predicted molar refractivity (Wildman–Crippen MR) is 104 cm³/mol. The number of carbonyl (C=O) groups excluding carboxylic acids is 1. The average molecular weight is 372 g/mol. The molecule has 2 rings (SSSR count). The molecule has 0 aliphatic carbocycles. The van der Waals surface area contributed by atoms with Crippen LogP contribution in [-0.2, 0) is 9.53 Å². The second-order valence-corrected chi connectivity index (χ2v) is 6.93. The van der Waals surface area contributed by atoms with Crippen LogP contribution in [0.25, 0.3) is 16.8 Å². The zero-order chi connectivity index (χ0) is 20.2. The predicted octanol–water partition coefficient (Wildman–Crippen LogP) is 4.30. The van der Waals surface area contributed by atoms with Crippen molar-refractivity contribution in [2.24, 2.45) is 0 Å². The van der Waals surface area contributed by atoms with Crippen molar-refractivity contribution < 1.29 is 28.9 Å². The van der Waals surface area contributed by atoms with E-state index in [1.54, 1.807) is 45.1 Å². The van der Waals surface area contributed by atoms with E-state index < -0.39 is 11.6 Å². The van der Waals surface area contributed by atoms with Crippen molar-refractivity contribution in [3.63, 3.8) is 0 Å². The van der Waals surface area contributed by atoms with E-state index in [-0.39, 0.29) is 23.7 Å². The van der Waals surface area contributed by atoms with Crippen LogP contribution in [-0.4, -0.2) is 36.9 Å². The number of esters is 1. The van der Waals surface area contributed by atoms with Crippen LogP contribution in [0.4, 0.5) is 0 Å². The van der Waals surface area contributed by atoms with Gasteiger partial charge in [0.05, 0.1) is 26.0 Å². The van der Waals surface area contributed by atoms with Crippen LogP contribution in [0, 0.1) is 0 Å². The normalized spacial score (nSPS) is 11.6. The minimum Gasteiger partial charge on any atom is -0.496 e. The minimum absolute atomic E-state index is 0.00920. The third-order valence-electron chi connectivity index (χ3n) is 3.75. The maximum Gasteiger partial charge on any atom is 0.340 e. The van der Waals surface area contributed by atoms with Crippen LogP contribution < -0.4 is 9.47 Å². The number of carbonyl (C=O) groups is 2. The average Bonchev–Trinajstić information content (AvgIpc) is 2.57. The Balaban J connectivity index is 2.50. The Kier molecular flexibility index (Phi) is 6.10. The van der Waals surface area contributed by atoms with Gasteiger partial charge in [-0.3, -0.25) is 4.79 Å². The number of benzene rings is 2. The van der Waals surface area contributed by atoms with Gasteiger partial charge in [-0.05, 0) is 43.9 Å². The van der Waals surface area contributed by atoms with Crippen molar-refractivity contribution in [2.45, 2.75) is 32.8 Å². The quantitative estimate of drug-likeness (QED) is 0.761. The number of rotatable bonds is 6. The molecule has 2 aromatic rings. The lowest BCUT2D eigenvalue weighted by Crippen LogP contribution is -2.23. The van der Waals surface area contributed by atoms with Crippen LogP contribution in [0.5, 0.6) is 11.5 Å². The van der Waals surface area contributed by atoms with E-state index in [0.29, 0.717) is 16.7 Å². The summed E-state index contributed by atoms with van der Waals surface area (Å²) in [5, 5.41) is 11.1. The summed E-state index contributed by atoms with van der Waals surface area (Å²) in [5.74, 6) is -0.771. The molecule has 0 unspecified atom stereocenters. The molecule has 1 N–H and O–H groups in total. The Morgan fingerprint density at radius 3 is 2.41 bits per heavy atom. The number of carboxylic acid groups (broad SMARTS) is 1. The molecule has 0 radical (unpaired) electrons. The molecule has 144 valence electrons. The van der Waals surface area contributed by atoms with Gasteiger partial charge >= 0.3 is 11.9 Å². The molecular formula is C21H24O6. The molecule has 2 aromatic carbocycles. The molecule has 0 aliphatic heterocycles. The first-order valence-electron chi connectivity index (χ1n) is 8.47. The van der Waals surface area contributed by atoms with Crippen molar-refractivity contribution in [2.75, 3.05) is 14.2 Å². The van der Waals surface area contributed by atoms with Gasteiger partial charge < -0.3 is 19.3 Å². The second-order valence-electron chi connectivity index (χ2n) is 6.93. The fourth-order valence-electron chi connectivity index (χ4n) is 2.80. The van der Waals surface area contributed by atoms with Crippen LogP contribution in [0.2, 0.25) is 0 Å². The van der Waals surface area contributed by atoms with E-state index in [1.807, 2.05) is 12.1 Å². The van der Waals surface area contributed by atoms with E-state index in [0.717, 1.165) is 5.39 Å². The van der Waals surface area contributed by atoms with E-state index >= 15 is 0 Å². The van der Waals surface area contributed by atoms with Gasteiger partial charge in [0.2, 0.25) is 0 Å². The second kappa shape index (κ2) is 8.12. The maximum absolute atomic E-state index is 11.9. The number of hydrogen-bond donors (Lipinski definition) is 1. The first kappa shape index (κ1) is 20.3. The Hall–Kier alpha value is -3.02. The Morgan fingerprint density at radius 1 is 1.15 bits per heavy atom. The van der Waals surface area contributed by atoms with Crippen LogP contribution in [0.15, 0.2) is 30.3 Å². The van der Waals surface area contributed by atoms with Gasteiger partial charge in [-0.15, -0.1) is 0 Å². The van der Waals surface area contributed by atoms with Gasteiger partial charge in [0.25, 0.3) is 0 Å². The molecule has 0 atom stereocenters. The van der Waals surface area contributed by atoms with Crippen molar-refractivity contribution in [1.82, 2.24) is 0 Å². The number of fused-ring (bicyclic) bond motifs is 1. The highest BCUT2D eigenvalue weighted by Gasteiger charge is 2.21. The monoisotopic (exact) mass is 372 g/mol. The molecule has 0 spiro atoms. The number of hydrogen-bond acceptors (Lipinski definition) is 5. The third-order valence-corrected chi connectivity index (χ3v) is 3.75. The van der Waals surface area contributed by atoms with Crippen LogP contribution >= 0.6 is 0 Å². The van der Waals surface area contributed by atoms with Gasteiger partial charge in [-0.25, -0.2) is 4.79 Å². The molecule has 0 bridgehead atoms. The number of ether oxygens (including phenoxy) is 3. The summed E-state index contributed by atoms with van der Waals surface area (Å²) in [4.78, 5) is 23.7. The summed E-state index contributed by atoms with van der Waals surface area (Å²) in [7, 11) is 2.94. The molecule has 0 amide bonds. The highest BCUT2D eigenvalue weighted by molar-refractivity contribution is 6.06. The molecule has 0 heterocycles. The standard InChI is InChI=1S/C21H24O6/c1-21(2,3)27-16(22)11-7-9-14-12-13-8-6-10-15(25-4)17(13)19(26-5)18(14)20(23)24/h6-10,12H,11H2,1-5H3,(H,23,24)/b9-7+. The number of methoxy groups -OCH3 is 2. The van der Waals surface area contributed by atoms with Crippen molar-refractivity contribution >= 4 is 28.8 Å². The Morgan fingerprint density at radius 2 is 1.85 bits per heavy atom. The Bertz CT molecular complexity index is 890. The molecule has 6 heteroatoms. The summed E-state index contributed by atoms with van der Waals surface area (Å²) >= 11 is 0. The fraction of sp³-hybridized carbons (Fsp3) is 0.333. The van der Waals surface area contributed by atoms with E-state index in [2.05, 4.69) is 0 Å². The zero-order valence-electron chi connectivity index (χ0n) is 16.2. The summed E-state index contributed by atoms with van der Waals surface area (Å²) < 4.78 is 16.0. The molecule has 6 nitrogen and oxygen atoms in total. The third kappa shape index (κ3) is 4.78. The van der Waals surface area contributed by atoms with Gasteiger partial charge in [-0.1, -0.05) is 24.3 Å². The summed E-state index contributed by atoms with van der Waals surface area (Å²) in [6, 6.07) is 7.14. The van der Waals surface area contributed by atoms with Crippen LogP contribution in [0.3, 0.4) is 0 Å². The Labute approximate surface area is 158 Å². The maximum atomic E-state index is 11.9. The smallest absolute Gasteiger partial charge is 0.340 e. The molecule has 0 aliphatic rings. The molecule has 0 fully saturated rings. The zero-order valence-corrected chi connectivity index (χ0v) is 16.2. The first-order chi connectivity index (χ1) is 12.7. The first-order valence-corrected chi connectivity index (χ1v) is 8.47. The molecule has 0 saturated carbocycles. The van der Waals surface area contributed by atoms with E-state index in [4.69, 9.17) is 14.2 Å². The van der Waals surface area contributed by atoms with E-state index in [1.165, 1.54) is 14.2 Å². The summed E-state index contributed by atoms with van der Waals surface area (Å²) in [5.41, 5.74) is -0.126. The van der Waals surface area contributed by atoms with Gasteiger partial charge in [0.15, 0.2) is 0 Å². The van der Waals surface area contributed by atoms with Gasteiger partial charge in [0, 0.05) is 0 Å².